The molecule has 0 bridgehead atoms. The lowest BCUT2D eigenvalue weighted by Crippen LogP contribution is -2.48. The third-order valence-corrected chi connectivity index (χ3v) is 4.37. The van der Waals surface area contributed by atoms with E-state index >= 15 is 0 Å². The van der Waals surface area contributed by atoms with E-state index in [1.165, 1.54) is 18.6 Å². The minimum atomic E-state index is -0.670. The minimum Gasteiger partial charge on any atom is -0.508 e. The molecule has 1 saturated carbocycles. The van der Waals surface area contributed by atoms with Crippen LogP contribution in [-0.2, 0) is 4.79 Å². The van der Waals surface area contributed by atoms with Gasteiger partial charge in [0.25, 0.3) is 5.91 Å². The zero-order valence-corrected chi connectivity index (χ0v) is 13.6. The molecule has 3 N–H and O–H groups in total. The van der Waals surface area contributed by atoms with Crippen molar-refractivity contribution in [3.05, 3.63) is 29.8 Å². The van der Waals surface area contributed by atoms with Gasteiger partial charge < -0.3 is 15.7 Å². The van der Waals surface area contributed by atoms with Gasteiger partial charge in [0, 0.05) is 5.56 Å². The first-order valence-electron chi connectivity index (χ1n) is 8.34. The number of amides is 2. The maximum absolute atomic E-state index is 12.4. The van der Waals surface area contributed by atoms with Gasteiger partial charge in [-0.15, -0.1) is 0 Å². The molecule has 0 unspecified atom stereocenters. The summed E-state index contributed by atoms with van der Waals surface area (Å²) in [7, 11) is 0. The Bertz CT molecular complexity index is 618. The number of carbonyl (C=O) groups is 2. The Hall–Kier alpha value is -2.55. The summed E-state index contributed by atoms with van der Waals surface area (Å²) in [5.74, 6) is -0.337. The van der Waals surface area contributed by atoms with E-state index in [1.54, 1.807) is 12.1 Å². The van der Waals surface area contributed by atoms with E-state index in [2.05, 4.69) is 10.6 Å². The van der Waals surface area contributed by atoms with E-state index < -0.39 is 11.9 Å². The van der Waals surface area contributed by atoms with Gasteiger partial charge in [0.15, 0.2) is 0 Å². The second-order valence-electron chi connectivity index (χ2n) is 6.19. The number of hydrogen-bond acceptors (Lipinski definition) is 4. The van der Waals surface area contributed by atoms with Gasteiger partial charge in [-0.2, -0.15) is 5.26 Å². The second kappa shape index (κ2) is 8.92. The van der Waals surface area contributed by atoms with E-state index in [1.807, 2.05) is 6.07 Å². The highest BCUT2D eigenvalue weighted by molar-refractivity contribution is 5.97. The molecule has 1 aromatic carbocycles. The van der Waals surface area contributed by atoms with Crippen molar-refractivity contribution < 1.29 is 14.7 Å². The number of carbonyl (C=O) groups excluding carboxylic acids is 2. The maximum Gasteiger partial charge on any atom is 0.252 e. The van der Waals surface area contributed by atoms with Crippen molar-refractivity contribution in [2.75, 3.05) is 6.54 Å². The first kappa shape index (κ1) is 17.8. The normalized spacial score (nSPS) is 16.0. The zero-order valence-electron chi connectivity index (χ0n) is 13.6. The molecule has 1 aliphatic carbocycles. The van der Waals surface area contributed by atoms with Crippen molar-refractivity contribution >= 4 is 11.8 Å². The van der Waals surface area contributed by atoms with Crippen LogP contribution in [0.2, 0.25) is 0 Å². The number of phenolic OH excluding ortho intramolecular Hbond substituents is 1. The number of hydrogen-bond donors (Lipinski definition) is 3. The van der Waals surface area contributed by atoms with E-state index in [0.717, 1.165) is 25.7 Å². The molecule has 0 saturated heterocycles. The van der Waals surface area contributed by atoms with Crippen LogP contribution in [0.1, 0.15) is 48.9 Å². The van der Waals surface area contributed by atoms with Crippen LogP contribution in [0.4, 0.5) is 0 Å². The van der Waals surface area contributed by atoms with E-state index in [4.69, 9.17) is 5.26 Å². The highest BCUT2D eigenvalue weighted by atomic mass is 16.3. The van der Waals surface area contributed by atoms with Gasteiger partial charge in [0.05, 0.1) is 6.07 Å². The first-order chi connectivity index (χ1) is 11.6. The smallest absolute Gasteiger partial charge is 0.252 e. The van der Waals surface area contributed by atoms with Gasteiger partial charge in [-0.3, -0.25) is 9.59 Å². The van der Waals surface area contributed by atoms with Gasteiger partial charge in [-0.25, -0.2) is 0 Å². The molecule has 6 nitrogen and oxygen atoms in total. The summed E-state index contributed by atoms with van der Waals surface area (Å²) in [5.41, 5.74) is 0.303. The van der Waals surface area contributed by atoms with Crippen molar-refractivity contribution in [3.63, 3.8) is 0 Å². The highest BCUT2D eigenvalue weighted by Crippen LogP contribution is 2.27. The largest absolute Gasteiger partial charge is 0.508 e. The molecule has 1 atom stereocenters. The predicted molar refractivity (Wildman–Crippen MR) is 89.2 cm³/mol. The van der Waals surface area contributed by atoms with Crippen LogP contribution in [0.3, 0.4) is 0 Å². The highest BCUT2D eigenvalue weighted by Gasteiger charge is 2.26. The summed E-state index contributed by atoms with van der Waals surface area (Å²) in [6, 6.07) is 7.21. The topological polar surface area (TPSA) is 102 Å². The number of nitrogens with zero attached hydrogens (tertiary/aromatic N) is 1. The lowest BCUT2D eigenvalue weighted by Gasteiger charge is -2.26. The summed E-state index contributed by atoms with van der Waals surface area (Å²) in [6.45, 7) is -0.0814. The van der Waals surface area contributed by atoms with Gasteiger partial charge in [0.1, 0.15) is 18.3 Å². The van der Waals surface area contributed by atoms with Crippen LogP contribution >= 0.6 is 0 Å². The molecular weight excluding hydrogens is 306 g/mol. The number of nitrogens with one attached hydrogen (secondary N) is 2. The van der Waals surface area contributed by atoms with Crippen molar-refractivity contribution in [1.29, 1.82) is 5.26 Å². The third kappa shape index (κ3) is 5.27. The van der Waals surface area contributed by atoms with Crippen LogP contribution in [0.15, 0.2) is 24.3 Å². The lowest BCUT2D eigenvalue weighted by atomic mass is 9.84. The number of aromatic hydroxyl groups is 1. The van der Waals surface area contributed by atoms with Crippen LogP contribution in [-0.4, -0.2) is 29.5 Å². The molecule has 128 valence electrons. The third-order valence-electron chi connectivity index (χ3n) is 4.37. The molecule has 1 aromatic rings. The maximum atomic E-state index is 12.4. The molecule has 0 aromatic heterocycles. The first-order valence-corrected chi connectivity index (χ1v) is 8.34. The van der Waals surface area contributed by atoms with Gasteiger partial charge in [-0.1, -0.05) is 38.2 Å². The van der Waals surface area contributed by atoms with Gasteiger partial charge in [-0.05, 0) is 30.5 Å². The van der Waals surface area contributed by atoms with Crippen LogP contribution in [0.25, 0.3) is 0 Å². The predicted octanol–water partition coefficient (Wildman–Crippen LogP) is 2.10. The number of phenols is 1. The Balaban J connectivity index is 2.04. The lowest BCUT2D eigenvalue weighted by molar-refractivity contribution is -0.123. The molecule has 2 amide bonds. The number of nitriles is 1. The molecule has 1 fully saturated rings. The Morgan fingerprint density at radius 1 is 1.29 bits per heavy atom. The van der Waals surface area contributed by atoms with E-state index in [0.29, 0.717) is 17.9 Å². The summed E-state index contributed by atoms with van der Waals surface area (Å²) in [5, 5.41) is 23.4. The Kier molecular flexibility index (Phi) is 6.62. The Labute approximate surface area is 141 Å². The molecule has 0 heterocycles. The number of benzene rings is 1. The molecule has 24 heavy (non-hydrogen) atoms. The summed E-state index contributed by atoms with van der Waals surface area (Å²) < 4.78 is 0. The molecule has 2 rings (SSSR count). The molecule has 1 aliphatic rings. The van der Waals surface area contributed by atoms with Gasteiger partial charge >= 0.3 is 0 Å². The standard InChI is InChI=1S/C18H23N3O3/c19-9-10-20-18(24)16(11-13-5-2-1-3-6-13)21-17(23)14-7-4-8-15(22)12-14/h4,7-8,12-13,16,22H,1-3,5-6,10-11H2,(H,20,24)(H,21,23)/t16-/m0/s1. The fourth-order valence-electron chi connectivity index (χ4n) is 3.13. The van der Waals surface area contributed by atoms with Crippen LogP contribution < -0.4 is 10.6 Å². The Morgan fingerprint density at radius 2 is 2.04 bits per heavy atom. The molecule has 0 radical (unpaired) electrons. The molecule has 0 aliphatic heterocycles. The number of rotatable bonds is 6. The zero-order chi connectivity index (χ0) is 17.4. The van der Waals surface area contributed by atoms with Crippen molar-refractivity contribution in [1.82, 2.24) is 10.6 Å². The average molecular weight is 329 g/mol. The molecule has 0 spiro atoms. The second-order valence-corrected chi connectivity index (χ2v) is 6.19. The monoisotopic (exact) mass is 329 g/mol. The van der Waals surface area contributed by atoms with Crippen molar-refractivity contribution in [2.45, 2.75) is 44.6 Å². The SMILES string of the molecule is N#CCNC(=O)[C@H](CC1CCCCC1)NC(=O)c1cccc(O)c1. The Morgan fingerprint density at radius 3 is 2.71 bits per heavy atom. The molecule has 6 heteroatoms. The quantitative estimate of drug-likeness (QED) is 0.695. The van der Waals surface area contributed by atoms with Crippen LogP contribution in [0.5, 0.6) is 5.75 Å². The van der Waals surface area contributed by atoms with Crippen molar-refractivity contribution in [3.8, 4) is 11.8 Å². The summed E-state index contributed by atoms with van der Waals surface area (Å²) >= 11 is 0. The average Bonchev–Trinajstić information content (AvgIpc) is 2.60. The van der Waals surface area contributed by atoms with E-state index in [9.17, 15) is 14.7 Å². The van der Waals surface area contributed by atoms with Crippen LogP contribution in [0, 0.1) is 17.2 Å². The van der Waals surface area contributed by atoms with Crippen molar-refractivity contribution in [2.24, 2.45) is 5.92 Å². The molecular formula is C18H23N3O3. The fourth-order valence-corrected chi connectivity index (χ4v) is 3.13. The minimum absolute atomic E-state index is 0.000382. The summed E-state index contributed by atoms with van der Waals surface area (Å²) in [6.07, 6.45) is 6.21. The van der Waals surface area contributed by atoms with Gasteiger partial charge in [0.2, 0.25) is 5.91 Å². The van der Waals surface area contributed by atoms with E-state index in [-0.39, 0.29) is 18.2 Å². The summed E-state index contributed by atoms with van der Waals surface area (Å²) in [4.78, 5) is 24.6. The fraction of sp³-hybridized carbons (Fsp3) is 0.500.